The summed E-state index contributed by atoms with van der Waals surface area (Å²) in [6, 6.07) is 0.447. The van der Waals surface area contributed by atoms with Gasteiger partial charge in [-0.25, -0.2) is 4.39 Å². The molecule has 2 fully saturated rings. The summed E-state index contributed by atoms with van der Waals surface area (Å²) in [6.07, 6.45) is 1.69. The summed E-state index contributed by atoms with van der Waals surface area (Å²) < 4.78 is 19.5. The zero-order valence-electron chi connectivity index (χ0n) is 10.0. The van der Waals surface area contributed by atoms with Crippen molar-refractivity contribution in [3.05, 3.63) is 0 Å². The number of hydrogen-bond acceptors (Lipinski definition) is 2. The molecule has 1 unspecified atom stereocenters. The van der Waals surface area contributed by atoms with Gasteiger partial charge in [-0.05, 0) is 40.2 Å². The van der Waals surface area contributed by atoms with Crippen LogP contribution in [0.3, 0.4) is 0 Å². The van der Waals surface area contributed by atoms with Crippen molar-refractivity contribution in [2.45, 2.75) is 51.4 Å². The normalized spacial score (nSPS) is 37.2. The molecular weight excluding hydrogens is 193 g/mol. The van der Waals surface area contributed by atoms with Crippen molar-refractivity contribution in [3.8, 4) is 0 Å². The Morgan fingerprint density at radius 3 is 2.80 bits per heavy atom. The minimum Gasteiger partial charge on any atom is -0.375 e. The molecule has 2 aliphatic rings. The molecule has 2 nitrogen and oxygen atoms in total. The first kappa shape index (κ1) is 11.3. The summed E-state index contributed by atoms with van der Waals surface area (Å²) in [5, 5.41) is 0. The molecule has 0 amide bonds. The highest BCUT2D eigenvalue weighted by Crippen LogP contribution is 2.35. The number of nitrogens with zero attached hydrogens (tertiary/aromatic N) is 1. The van der Waals surface area contributed by atoms with Gasteiger partial charge in [0.15, 0.2) is 0 Å². The molecule has 2 aliphatic heterocycles. The molecule has 15 heavy (non-hydrogen) atoms. The zero-order valence-corrected chi connectivity index (χ0v) is 10.0. The Morgan fingerprint density at radius 1 is 1.40 bits per heavy atom. The molecular formula is C12H22FNO. The summed E-state index contributed by atoms with van der Waals surface area (Å²) in [5.74, 6) is 0.103. The van der Waals surface area contributed by atoms with Crippen molar-refractivity contribution in [1.82, 2.24) is 4.90 Å². The molecule has 0 aromatic carbocycles. The fraction of sp³-hybridized carbons (Fsp3) is 1.00. The van der Waals surface area contributed by atoms with Crippen molar-refractivity contribution < 1.29 is 9.13 Å². The molecule has 0 bridgehead atoms. The largest absolute Gasteiger partial charge is 0.375 e. The second kappa shape index (κ2) is 4.02. The van der Waals surface area contributed by atoms with Gasteiger partial charge in [0.2, 0.25) is 0 Å². The van der Waals surface area contributed by atoms with E-state index in [1.807, 2.05) is 20.8 Å². The molecule has 0 aliphatic carbocycles. The van der Waals surface area contributed by atoms with E-state index < -0.39 is 6.17 Å². The van der Waals surface area contributed by atoms with Crippen LogP contribution in [0.4, 0.5) is 4.39 Å². The average Bonchev–Trinajstić information content (AvgIpc) is 2.60. The predicted molar refractivity (Wildman–Crippen MR) is 58.7 cm³/mol. The van der Waals surface area contributed by atoms with Crippen molar-refractivity contribution in [1.29, 1.82) is 0 Å². The van der Waals surface area contributed by atoms with Crippen LogP contribution in [-0.2, 0) is 4.74 Å². The molecule has 0 saturated carbocycles. The van der Waals surface area contributed by atoms with Crippen molar-refractivity contribution >= 4 is 0 Å². The van der Waals surface area contributed by atoms with E-state index >= 15 is 0 Å². The smallest absolute Gasteiger partial charge is 0.119 e. The van der Waals surface area contributed by atoms with Crippen LogP contribution in [0.1, 0.15) is 33.6 Å². The Balaban J connectivity index is 1.90. The predicted octanol–water partition coefficient (Wildman–Crippen LogP) is 2.23. The van der Waals surface area contributed by atoms with Gasteiger partial charge < -0.3 is 4.74 Å². The van der Waals surface area contributed by atoms with E-state index in [-0.39, 0.29) is 11.5 Å². The van der Waals surface area contributed by atoms with E-state index in [0.29, 0.717) is 19.2 Å². The lowest BCUT2D eigenvalue weighted by Gasteiger charge is -2.26. The maximum Gasteiger partial charge on any atom is 0.119 e. The lowest BCUT2D eigenvalue weighted by molar-refractivity contribution is -0.0347. The molecule has 0 spiro atoms. The fourth-order valence-electron chi connectivity index (χ4n) is 2.73. The second-order valence-electron chi connectivity index (χ2n) is 5.81. The van der Waals surface area contributed by atoms with Gasteiger partial charge in [-0.3, -0.25) is 4.90 Å². The highest BCUT2D eigenvalue weighted by atomic mass is 19.1. The number of alkyl halides is 1. The molecule has 0 aromatic heterocycles. The van der Waals surface area contributed by atoms with Crippen LogP contribution in [0.25, 0.3) is 0 Å². The molecule has 2 rings (SSSR count). The third-order valence-electron chi connectivity index (χ3n) is 3.49. The first-order valence-corrected chi connectivity index (χ1v) is 5.99. The van der Waals surface area contributed by atoms with E-state index in [0.717, 1.165) is 13.0 Å². The molecule has 3 heteroatoms. The summed E-state index contributed by atoms with van der Waals surface area (Å²) >= 11 is 0. The van der Waals surface area contributed by atoms with Gasteiger partial charge in [0.25, 0.3) is 0 Å². The van der Waals surface area contributed by atoms with Crippen molar-refractivity contribution in [2.75, 3.05) is 19.7 Å². The van der Waals surface area contributed by atoms with E-state index in [2.05, 4.69) is 4.90 Å². The van der Waals surface area contributed by atoms with Crippen LogP contribution in [0.2, 0.25) is 0 Å². The van der Waals surface area contributed by atoms with Crippen molar-refractivity contribution in [2.24, 2.45) is 5.92 Å². The first-order valence-electron chi connectivity index (χ1n) is 5.99. The third-order valence-corrected chi connectivity index (χ3v) is 3.49. The maximum absolute atomic E-state index is 13.8. The number of ether oxygens (including phenoxy) is 1. The van der Waals surface area contributed by atoms with E-state index in [1.54, 1.807) is 0 Å². The van der Waals surface area contributed by atoms with Gasteiger partial charge >= 0.3 is 0 Å². The zero-order chi connectivity index (χ0) is 11.1. The Labute approximate surface area is 91.8 Å². The number of hydrogen-bond donors (Lipinski definition) is 0. The molecule has 3 atom stereocenters. The lowest BCUT2D eigenvalue weighted by Crippen LogP contribution is -2.32. The Morgan fingerprint density at radius 2 is 2.13 bits per heavy atom. The van der Waals surface area contributed by atoms with Crippen LogP contribution in [-0.4, -0.2) is 42.4 Å². The highest BCUT2D eigenvalue weighted by Gasteiger charge is 2.44. The Bertz CT molecular complexity index is 226. The number of rotatable bonds is 2. The topological polar surface area (TPSA) is 12.5 Å². The summed E-state index contributed by atoms with van der Waals surface area (Å²) in [6.45, 7) is 8.37. The molecule has 88 valence electrons. The van der Waals surface area contributed by atoms with Crippen LogP contribution >= 0.6 is 0 Å². The second-order valence-corrected chi connectivity index (χ2v) is 5.81. The SMILES string of the molecule is CC(C)(C)OC[C@H]1C2CCCN2C[C@@H]1F. The Hall–Kier alpha value is -0.150. The molecule has 0 aromatic rings. The van der Waals surface area contributed by atoms with Crippen LogP contribution in [0, 0.1) is 5.92 Å². The van der Waals surface area contributed by atoms with Gasteiger partial charge in [-0.2, -0.15) is 0 Å². The molecule has 2 heterocycles. The molecule has 2 saturated heterocycles. The van der Waals surface area contributed by atoms with Crippen LogP contribution in [0.5, 0.6) is 0 Å². The van der Waals surface area contributed by atoms with E-state index in [1.165, 1.54) is 6.42 Å². The van der Waals surface area contributed by atoms with Crippen LogP contribution in [0.15, 0.2) is 0 Å². The number of halogens is 1. The highest BCUT2D eigenvalue weighted by molar-refractivity contribution is 4.96. The molecule has 0 N–H and O–H groups in total. The standard InChI is InChI=1S/C12H22FNO/c1-12(2,3)15-8-9-10(13)7-14-6-4-5-11(9)14/h9-11H,4-8H2,1-3H3/t9-,10+,11?/m1/s1. The van der Waals surface area contributed by atoms with Crippen molar-refractivity contribution in [3.63, 3.8) is 0 Å². The molecule has 0 radical (unpaired) electrons. The maximum atomic E-state index is 13.8. The minimum atomic E-state index is -0.683. The quantitative estimate of drug-likeness (QED) is 0.700. The van der Waals surface area contributed by atoms with Gasteiger partial charge in [0.1, 0.15) is 6.17 Å². The van der Waals surface area contributed by atoms with Gasteiger partial charge in [-0.1, -0.05) is 0 Å². The van der Waals surface area contributed by atoms with Gasteiger partial charge in [-0.15, -0.1) is 0 Å². The average molecular weight is 215 g/mol. The minimum absolute atomic E-state index is 0.103. The van der Waals surface area contributed by atoms with Gasteiger partial charge in [0.05, 0.1) is 12.2 Å². The summed E-state index contributed by atoms with van der Waals surface area (Å²) in [7, 11) is 0. The van der Waals surface area contributed by atoms with E-state index in [4.69, 9.17) is 4.74 Å². The third kappa shape index (κ3) is 2.51. The van der Waals surface area contributed by atoms with Crippen LogP contribution < -0.4 is 0 Å². The number of fused-ring (bicyclic) bond motifs is 1. The summed E-state index contributed by atoms with van der Waals surface area (Å²) in [5.41, 5.74) is -0.147. The summed E-state index contributed by atoms with van der Waals surface area (Å²) in [4.78, 5) is 2.29. The van der Waals surface area contributed by atoms with E-state index in [9.17, 15) is 4.39 Å². The monoisotopic (exact) mass is 215 g/mol. The first-order chi connectivity index (χ1) is 6.97. The van der Waals surface area contributed by atoms with Gasteiger partial charge in [0, 0.05) is 18.5 Å². The Kier molecular flexibility index (Phi) is 3.04. The lowest BCUT2D eigenvalue weighted by atomic mass is 9.97. The fourth-order valence-corrected chi connectivity index (χ4v) is 2.73.